The lowest BCUT2D eigenvalue weighted by atomic mass is 10.7. The summed E-state index contributed by atoms with van der Waals surface area (Å²) in [5.41, 5.74) is 3.20. The predicted octanol–water partition coefficient (Wildman–Crippen LogP) is 3.68. The van der Waals surface area contributed by atoms with Crippen LogP contribution in [0.5, 0.6) is 0 Å². The molecule has 0 aromatic carbocycles. The molecule has 0 aliphatic heterocycles. The largest absolute Gasteiger partial charge is 0.214 e. The summed E-state index contributed by atoms with van der Waals surface area (Å²) in [4.78, 5) is 4.01. The highest BCUT2D eigenvalue weighted by Crippen LogP contribution is 2.27. The third-order valence-corrected chi connectivity index (χ3v) is 3.62. The van der Waals surface area contributed by atoms with Crippen LogP contribution in [0.15, 0.2) is 0 Å². The number of halogens is 2. The normalized spacial score (nSPS) is 10.8. The number of hydrogen-bond acceptors (Lipinski definition) is 2. The Morgan fingerprint density at radius 3 is 2.31 bits per heavy atom. The molecular weight excluding hydrogens is 241 g/mol. The first kappa shape index (κ1) is 11.1. The van der Waals surface area contributed by atoms with Crippen LogP contribution in [0.2, 0.25) is 29.1 Å². The molecule has 0 radical (unpaired) electrons. The smallest absolute Gasteiger partial charge is 0.169 e. The molecule has 1 aromatic rings. The molecule has 0 bridgehead atoms. The Labute approximate surface area is 93.1 Å². The Morgan fingerprint density at radius 1 is 1.31 bits per heavy atom. The van der Waals surface area contributed by atoms with Gasteiger partial charge in [-0.05, 0) is 5.92 Å². The van der Waals surface area contributed by atoms with E-state index in [-0.39, 0.29) is 0 Å². The summed E-state index contributed by atoms with van der Waals surface area (Å²) in [6, 6.07) is 0. The average molecular weight is 250 g/mol. The van der Waals surface area contributed by atoms with Crippen molar-refractivity contribution in [3.8, 4) is 11.5 Å². The molecule has 70 valence electrons. The van der Waals surface area contributed by atoms with Gasteiger partial charge in [0.1, 0.15) is 12.4 Å². The Morgan fingerprint density at radius 2 is 1.92 bits per heavy atom. The van der Waals surface area contributed by atoms with Crippen molar-refractivity contribution < 1.29 is 0 Å². The maximum atomic E-state index is 5.75. The van der Waals surface area contributed by atoms with Crippen LogP contribution in [0, 0.1) is 11.5 Å². The van der Waals surface area contributed by atoms with E-state index in [1.54, 1.807) is 0 Å². The van der Waals surface area contributed by atoms with Crippen molar-refractivity contribution in [2.45, 2.75) is 19.6 Å². The van der Waals surface area contributed by atoms with E-state index in [1.165, 1.54) is 11.3 Å². The lowest BCUT2D eigenvalue weighted by molar-refractivity contribution is 1.39. The second-order valence-electron chi connectivity index (χ2n) is 3.58. The van der Waals surface area contributed by atoms with Crippen molar-refractivity contribution in [1.29, 1.82) is 0 Å². The molecule has 1 heterocycles. The van der Waals surface area contributed by atoms with Crippen LogP contribution < -0.4 is 0 Å². The van der Waals surface area contributed by atoms with Gasteiger partial charge in [-0.15, -0.1) is 5.54 Å². The summed E-state index contributed by atoms with van der Waals surface area (Å²) >= 11 is 12.8. The molecule has 0 N–H and O–H groups in total. The molecule has 0 atom stereocenters. The van der Waals surface area contributed by atoms with Gasteiger partial charge in [-0.25, -0.2) is 4.98 Å². The summed E-state index contributed by atoms with van der Waals surface area (Å²) in [5, 5.41) is 1.06. The summed E-state index contributed by atoms with van der Waals surface area (Å²) in [7, 11) is -1.33. The van der Waals surface area contributed by atoms with E-state index in [9.17, 15) is 0 Å². The van der Waals surface area contributed by atoms with Gasteiger partial charge in [0.15, 0.2) is 10.2 Å². The number of nitrogens with zero attached hydrogens (tertiary/aromatic N) is 1. The Kier molecular flexibility index (Phi) is 3.42. The van der Waals surface area contributed by atoms with Crippen LogP contribution >= 0.6 is 34.5 Å². The molecule has 0 saturated heterocycles. The molecule has 0 fully saturated rings. The van der Waals surface area contributed by atoms with Crippen LogP contribution in [0.1, 0.15) is 5.01 Å². The quantitative estimate of drug-likeness (QED) is 0.505. The van der Waals surface area contributed by atoms with E-state index in [1.807, 2.05) is 0 Å². The molecule has 0 amide bonds. The third-order valence-electron chi connectivity index (χ3n) is 1.09. The van der Waals surface area contributed by atoms with E-state index < -0.39 is 8.07 Å². The van der Waals surface area contributed by atoms with Gasteiger partial charge in [-0.2, -0.15) is 0 Å². The van der Waals surface area contributed by atoms with Gasteiger partial charge in [0.05, 0.1) is 0 Å². The topological polar surface area (TPSA) is 12.9 Å². The number of thiazole rings is 1. The van der Waals surface area contributed by atoms with Gasteiger partial charge >= 0.3 is 0 Å². The monoisotopic (exact) mass is 249 g/mol. The summed E-state index contributed by atoms with van der Waals surface area (Å²) in [5.74, 6) is 3.00. The van der Waals surface area contributed by atoms with Crippen molar-refractivity contribution in [3.63, 3.8) is 0 Å². The first-order valence-electron chi connectivity index (χ1n) is 3.73. The highest BCUT2D eigenvalue weighted by Gasteiger charge is 2.09. The number of aromatic nitrogens is 1. The Hall–Kier alpha value is -0.0131. The standard InChI is InChI=1S/C8H9Cl2NSSi/c1-13(2,3)5-4-6-11-7(9)8(10)12-6/h1-3H3. The Bertz CT molecular complexity index is 350. The summed E-state index contributed by atoms with van der Waals surface area (Å²) in [6.45, 7) is 6.53. The van der Waals surface area contributed by atoms with Crippen molar-refractivity contribution in [1.82, 2.24) is 4.98 Å². The first-order valence-corrected chi connectivity index (χ1v) is 8.81. The van der Waals surface area contributed by atoms with E-state index in [2.05, 4.69) is 36.1 Å². The van der Waals surface area contributed by atoms with E-state index in [0.717, 1.165) is 0 Å². The molecule has 0 unspecified atom stereocenters. The molecule has 0 spiro atoms. The lowest BCUT2D eigenvalue weighted by Crippen LogP contribution is -2.16. The van der Waals surface area contributed by atoms with Crippen LogP contribution in [-0.2, 0) is 0 Å². The van der Waals surface area contributed by atoms with Crippen LogP contribution in [0.3, 0.4) is 0 Å². The van der Waals surface area contributed by atoms with Crippen LogP contribution in [0.25, 0.3) is 0 Å². The van der Waals surface area contributed by atoms with Gasteiger partial charge < -0.3 is 0 Å². The van der Waals surface area contributed by atoms with E-state index >= 15 is 0 Å². The molecule has 1 aromatic heterocycles. The molecule has 5 heteroatoms. The van der Waals surface area contributed by atoms with Crippen LogP contribution in [0.4, 0.5) is 0 Å². The second-order valence-corrected chi connectivity index (χ2v) is 10.3. The van der Waals surface area contributed by atoms with Gasteiger partial charge in [-0.3, -0.25) is 0 Å². The van der Waals surface area contributed by atoms with Crippen molar-refractivity contribution in [2.75, 3.05) is 0 Å². The zero-order valence-electron chi connectivity index (χ0n) is 7.61. The summed E-state index contributed by atoms with van der Waals surface area (Å²) < 4.78 is 0.515. The predicted molar refractivity (Wildman–Crippen MR) is 62.4 cm³/mol. The fourth-order valence-electron chi connectivity index (χ4n) is 0.577. The van der Waals surface area contributed by atoms with Gasteiger partial charge in [0.2, 0.25) is 0 Å². The minimum absolute atomic E-state index is 0.353. The highest BCUT2D eigenvalue weighted by molar-refractivity contribution is 7.17. The lowest BCUT2D eigenvalue weighted by Gasteiger charge is -2.02. The number of rotatable bonds is 0. The fourth-order valence-corrected chi connectivity index (χ4v) is 2.21. The maximum absolute atomic E-state index is 5.75. The molecular formula is C8H9Cl2NSSi. The minimum atomic E-state index is -1.33. The number of hydrogen-bond donors (Lipinski definition) is 0. The zero-order valence-corrected chi connectivity index (χ0v) is 10.9. The molecule has 1 rings (SSSR count). The van der Waals surface area contributed by atoms with Crippen molar-refractivity contribution in [2.24, 2.45) is 0 Å². The van der Waals surface area contributed by atoms with Crippen molar-refractivity contribution in [3.05, 3.63) is 14.5 Å². The van der Waals surface area contributed by atoms with E-state index in [0.29, 0.717) is 14.5 Å². The molecule has 13 heavy (non-hydrogen) atoms. The Balaban J connectivity index is 2.91. The fraction of sp³-hybridized carbons (Fsp3) is 0.375. The molecule has 0 saturated carbocycles. The van der Waals surface area contributed by atoms with Gasteiger partial charge in [0.25, 0.3) is 0 Å². The maximum Gasteiger partial charge on any atom is 0.169 e. The van der Waals surface area contributed by atoms with Gasteiger partial charge in [0, 0.05) is 0 Å². The van der Waals surface area contributed by atoms with Crippen LogP contribution in [-0.4, -0.2) is 13.1 Å². The highest BCUT2D eigenvalue weighted by atomic mass is 35.5. The van der Waals surface area contributed by atoms with Crippen molar-refractivity contribution >= 4 is 42.6 Å². The van der Waals surface area contributed by atoms with Gasteiger partial charge in [-0.1, -0.05) is 54.2 Å². The average Bonchev–Trinajstić information content (AvgIpc) is 2.27. The zero-order chi connectivity index (χ0) is 10.1. The molecule has 1 nitrogen and oxygen atoms in total. The SMILES string of the molecule is C[Si](C)(C)C#Cc1nc(Cl)c(Cl)s1. The molecule has 0 aliphatic carbocycles. The van der Waals surface area contributed by atoms with E-state index in [4.69, 9.17) is 23.2 Å². The summed E-state index contributed by atoms with van der Waals surface area (Å²) in [6.07, 6.45) is 0. The molecule has 0 aliphatic rings. The minimum Gasteiger partial charge on any atom is -0.214 e. The second kappa shape index (κ2) is 4.01. The third kappa shape index (κ3) is 3.70. The first-order chi connectivity index (χ1) is 5.88.